The van der Waals surface area contributed by atoms with E-state index in [2.05, 4.69) is 12.2 Å². The molecular formula is C19H25F6NO. The quantitative estimate of drug-likeness (QED) is 0.350. The molecule has 154 valence electrons. The summed E-state index contributed by atoms with van der Waals surface area (Å²) in [7, 11) is 0. The van der Waals surface area contributed by atoms with E-state index < -0.39 is 35.0 Å². The van der Waals surface area contributed by atoms with Gasteiger partial charge in [-0.05, 0) is 24.6 Å². The Morgan fingerprint density at radius 2 is 1.41 bits per heavy atom. The molecule has 1 N–H and O–H groups in total. The third-order valence-electron chi connectivity index (χ3n) is 4.21. The first-order chi connectivity index (χ1) is 12.6. The van der Waals surface area contributed by atoms with E-state index in [1.54, 1.807) is 0 Å². The van der Waals surface area contributed by atoms with E-state index in [1.165, 1.54) is 12.8 Å². The lowest BCUT2D eigenvalue weighted by Gasteiger charge is -2.15. The summed E-state index contributed by atoms with van der Waals surface area (Å²) in [4.78, 5) is 12.0. The summed E-state index contributed by atoms with van der Waals surface area (Å²) in [5.74, 6) is -1.14. The standard InChI is InChI=1S/C19H25F6NO/c1-2-3-4-5-6-7-8-9-12-26-17(27)15-13-14(18(20,21)22)10-11-16(15)19(23,24)25/h10-11,13H,2-9,12H2,1H3,(H,26,27). The summed E-state index contributed by atoms with van der Waals surface area (Å²) in [6, 6.07) is 0.887. The Kier molecular flexibility index (Phi) is 9.12. The van der Waals surface area contributed by atoms with Crippen LogP contribution in [0.2, 0.25) is 0 Å². The van der Waals surface area contributed by atoms with Crippen LogP contribution in [0.5, 0.6) is 0 Å². The predicted octanol–water partition coefficient (Wildman–Crippen LogP) is 6.59. The SMILES string of the molecule is CCCCCCCCCCNC(=O)c1cc(C(F)(F)F)ccc1C(F)(F)F. The normalized spacial score (nSPS) is 12.3. The van der Waals surface area contributed by atoms with E-state index in [0.717, 1.165) is 32.1 Å². The molecule has 0 aromatic heterocycles. The molecule has 0 heterocycles. The molecule has 2 nitrogen and oxygen atoms in total. The summed E-state index contributed by atoms with van der Waals surface area (Å²) in [6.07, 6.45) is -1.71. The number of nitrogens with one attached hydrogen (secondary N) is 1. The summed E-state index contributed by atoms with van der Waals surface area (Å²) < 4.78 is 77.2. The van der Waals surface area contributed by atoms with E-state index in [0.29, 0.717) is 18.6 Å². The van der Waals surface area contributed by atoms with Crippen molar-refractivity contribution >= 4 is 5.91 Å². The number of unbranched alkanes of at least 4 members (excludes halogenated alkanes) is 7. The van der Waals surface area contributed by atoms with Crippen LogP contribution in [0.1, 0.15) is 79.8 Å². The summed E-state index contributed by atoms with van der Waals surface area (Å²) >= 11 is 0. The van der Waals surface area contributed by atoms with Crippen LogP contribution in [0.15, 0.2) is 18.2 Å². The third-order valence-corrected chi connectivity index (χ3v) is 4.21. The maximum absolute atomic E-state index is 13.0. The molecule has 0 saturated carbocycles. The number of hydrogen-bond donors (Lipinski definition) is 1. The number of benzene rings is 1. The molecule has 0 fully saturated rings. The first-order valence-electron chi connectivity index (χ1n) is 9.14. The van der Waals surface area contributed by atoms with Crippen LogP contribution in [0.4, 0.5) is 26.3 Å². The van der Waals surface area contributed by atoms with Gasteiger partial charge in [0, 0.05) is 6.54 Å². The Bertz CT molecular complexity index is 595. The van der Waals surface area contributed by atoms with Crippen LogP contribution in [0, 0.1) is 0 Å². The molecular weight excluding hydrogens is 372 g/mol. The largest absolute Gasteiger partial charge is 0.417 e. The third kappa shape index (κ3) is 8.22. The van der Waals surface area contributed by atoms with Gasteiger partial charge < -0.3 is 5.32 Å². The van der Waals surface area contributed by atoms with Crippen LogP contribution < -0.4 is 5.32 Å². The van der Waals surface area contributed by atoms with Gasteiger partial charge in [-0.2, -0.15) is 26.3 Å². The molecule has 0 aliphatic rings. The average Bonchev–Trinajstić information content (AvgIpc) is 2.58. The zero-order chi connectivity index (χ0) is 20.5. The van der Waals surface area contributed by atoms with Gasteiger partial charge in [-0.3, -0.25) is 4.79 Å². The highest BCUT2D eigenvalue weighted by Gasteiger charge is 2.38. The lowest BCUT2D eigenvalue weighted by molar-refractivity contribution is -0.141. The highest BCUT2D eigenvalue weighted by Crippen LogP contribution is 2.36. The van der Waals surface area contributed by atoms with Crippen molar-refractivity contribution in [2.75, 3.05) is 6.54 Å². The van der Waals surface area contributed by atoms with Gasteiger partial charge in [-0.15, -0.1) is 0 Å². The fourth-order valence-electron chi connectivity index (χ4n) is 2.71. The molecule has 1 amide bonds. The predicted molar refractivity (Wildman–Crippen MR) is 91.4 cm³/mol. The second-order valence-corrected chi connectivity index (χ2v) is 6.49. The van der Waals surface area contributed by atoms with Gasteiger partial charge in [-0.1, -0.05) is 51.9 Å². The molecule has 0 aliphatic carbocycles. The lowest BCUT2D eigenvalue weighted by atomic mass is 10.0. The second-order valence-electron chi connectivity index (χ2n) is 6.49. The van der Waals surface area contributed by atoms with Crippen molar-refractivity contribution in [3.8, 4) is 0 Å². The first-order valence-corrected chi connectivity index (χ1v) is 9.14. The molecule has 1 aromatic carbocycles. The summed E-state index contributed by atoms with van der Waals surface area (Å²) in [5, 5.41) is 2.30. The first kappa shape index (κ1) is 23.3. The maximum Gasteiger partial charge on any atom is 0.417 e. The van der Waals surface area contributed by atoms with Crippen LogP contribution in [0.3, 0.4) is 0 Å². The van der Waals surface area contributed by atoms with E-state index in [9.17, 15) is 31.1 Å². The van der Waals surface area contributed by atoms with E-state index >= 15 is 0 Å². The van der Waals surface area contributed by atoms with Gasteiger partial charge in [0.2, 0.25) is 0 Å². The van der Waals surface area contributed by atoms with Crippen LogP contribution >= 0.6 is 0 Å². The molecule has 27 heavy (non-hydrogen) atoms. The molecule has 0 radical (unpaired) electrons. The highest BCUT2D eigenvalue weighted by atomic mass is 19.4. The van der Waals surface area contributed by atoms with Crippen molar-refractivity contribution in [1.82, 2.24) is 5.32 Å². The zero-order valence-electron chi connectivity index (χ0n) is 15.3. The zero-order valence-corrected chi connectivity index (χ0v) is 15.3. The van der Waals surface area contributed by atoms with E-state index in [-0.39, 0.29) is 12.6 Å². The van der Waals surface area contributed by atoms with Crippen molar-refractivity contribution in [1.29, 1.82) is 0 Å². The molecule has 8 heteroatoms. The molecule has 1 aromatic rings. The molecule has 0 spiro atoms. The molecule has 0 unspecified atom stereocenters. The lowest BCUT2D eigenvalue weighted by Crippen LogP contribution is -2.27. The Morgan fingerprint density at radius 1 is 0.852 bits per heavy atom. The van der Waals surface area contributed by atoms with Gasteiger partial charge in [-0.25, -0.2) is 0 Å². The average molecular weight is 397 g/mol. The van der Waals surface area contributed by atoms with Crippen molar-refractivity contribution in [3.63, 3.8) is 0 Å². The Hall–Kier alpha value is -1.73. The molecule has 0 bridgehead atoms. The minimum atomic E-state index is -4.91. The van der Waals surface area contributed by atoms with E-state index in [1.807, 2.05) is 0 Å². The number of carbonyl (C=O) groups is 1. The van der Waals surface area contributed by atoms with Crippen molar-refractivity contribution in [3.05, 3.63) is 34.9 Å². The minimum absolute atomic E-state index is 0.126. The number of halogens is 6. The number of rotatable bonds is 10. The fourth-order valence-corrected chi connectivity index (χ4v) is 2.71. The fraction of sp³-hybridized carbons (Fsp3) is 0.632. The van der Waals surface area contributed by atoms with Gasteiger partial charge in [0.25, 0.3) is 5.91 Å². The summed E-state index contributed by atoms with van der Waals surface area (Å²) in [5.41, 5.74) is -3.66. The number of carbonyl (C=O) groups excluding carboxylic acids is 1. The highest BCUT2D eigenvalue weighted by molar-refractivity contribution is 5.96. The maximum atomic E-state index is 13.0. The number of hydrogen-bond acceptors (Lipinski definition) is 1. The Balaban J connectivity index is 2.60. The second kappa shape index (κ2) is 10.6. The number of amides is 1. The van der Waals surface area contributed by atoms with Gasteiger partial charge in [0.05, 0.1) is 16.7 Å². The Morgan fingerprint density at radius 3 is 1.93 bits per heavy atom. The van der Waals surface area contributed by atoms with Crippen LogP contribution in [0.25, 0.3) is 0 Å². The summed E-state index contributed by atoms with van der Waals surface area (Å²) in [6.45, 7) is 2.25. The molecule has 0 saturated heterocycles. The van der Waals surface area contributed by atoms with Crippen molar-refractivity contribution in [2.24, 2.45) is 0 Å². The molecule has 1 rings (SSSR count). The van der Waals surface area contributed by atoms with Gasteiger partial charge >= 0.3 is 12.4 Å². The molecule has 0 atom stereocenters. The monoisotopic (exact) mass is 397 g/mol. The van der Waals surface area contributed by atoms with Crippen molar-refractivity contribution < 1.29 is 31.1 Å². The minimum Gasteiger partial charge on any atom is -0.352 e. The topological polar surface area (TPSA) is 29.1 Å². The van der Waals surface area contributed by atoms with Gasteiger partial charge in [0.1, 0.15) is 0 Å². The van der Waals surface area contributed by atoms with Crippen molar-refractivity contribution in [2.45, 2.75) is 70.6 Å². The smallest absolute Gasteiger partial charge is 0.352 e. The van der Waals surface area contributed by atoms with Crippen LogP contribution in [-0.2, 0) is 12.4 Å². The van der Waals surface area contributed by atoms with Crippen LogP contribution in [-0.4, -0.2) is 12.5 Å². The van der Waals surface area contributed by atoms with E-state index in [4.69, 9.17) is 0 Å². The van der Waals surface area contributed by atoms with Gasteiger partial charge in [0.15, 0.2) is 0 Å². The molecule has 0 aliphatic heterocycles. The number of alkyl halides is 6. The Labute approximate surface area is 155 Å².